The Morgan fingerprint density at radius 3 is 1.96 bits per heavy atom. The second-order valence-electron chi connectivity index (χ2n) is 8.87. The van der Waals surface area contributed by atoms with Crippen molar-refractivity contribution in [3.05, 3.63) is 0 Å². The number of rotatable bonds is 6. The van der Waals surface area contributed by atoms with E-state index in [2.05, 4.69) is 20.4 Å². The second kappa shape index (κ2) is 10.1. The normalized spacial score (nSPS) is 23.0. The first-order chi connectivity index (χ1) is 13.8. The van der Waals surface area contributed by atoms with Gasteiger partial charge in [-0.25, -0.2) is 4.68 Å². The minimum absolute atomic E-state index is 0.307. The zero-order valence-electron chi connectivity index (χ0n) is 17.1. The van der Waals surface area contributed by atoms with Gasteiger partial charge < -0.3 is 4.90 Å². The standard InChI is InChI=1S/C21H35N5OS/c27-20(16-28-21-22-23-24-26(21)19-14-8-3-9-15-19)25(17-10-4-1-5-11-17)18-12-6-2-7-13-18/h17-19H,1-16H2. The third kappa shape index (κ3) is 4.89. The highest BCUT2D eigenvalue weighted by molar-refractivity contribution is 7.99. The van der Waals surface area contributed by atoms with Crippen molar-refractivity contribution in [1.29, 1.82) is 0 Å². The largest absolute Gasteiger partial charge is 0.336 e. The molecule has 3 aliphatic rings. The van der Waals surface area contributed by atoms with Gasteiger partial charge in [0, 0.05) is 12.1 Å². The first-order valence-corrected chi connectivity index (χ1v) is 12.5. The molecule has 1 heterocycles. The third-order valence-electron chi connectivity index (χ3n) is 6.93. The van der Waals surface area contributed by atoms with Crippen LogP contribution in [0, 0.1) is 0 Å². The van der Waals surface area contributed by atoms with Gasteiger partial charge in [-0.3, -0.25) is 4.79 Å². The van der Waals surface area contributed by atoms with Gasteiger partial charge in [-0.2, -0.15) is 0 Å². The molecule has 0 aromatic carbocycles. The first kappa shape index (κ1) is 20.2. The summed E-state index contributed by atoms with van der Waals surface area (Å²) in [7, 11) is 0. The highest BCUT2D eigenvalue weighted by Crippen LogP contribution is 2.33. The minimum Gasteiger partial charge on any atom is -0.336 e. The van der Waals surface area contributed by atoms with Gasteiger partial charge in [-0.1, -0.05) is 69.5 Å². The molecule has 7 heteroatoms. The molecule has 156 valence electrons. The van der Waals surface area contributed by atoms with Crippen molar-refractivity contribution in [2.24, 2.45) is 0 Å². The van der Waals surface area contributed by atoms with E-state index >= 15 is 0 Å². The SMILES string of the molecule is O=C(CSc1nnnn1C1CCCCC1)N(C1CCCCC1)C1CCCCC1. The third-order valence-corrected chi connectivity index (χ3v) is 7.85. The number of carbonyl (C=O) groups excluding carboxylic acids is 1. The highest BCUT2D eigenvalue weighted by Gasteiger charge is 2.32. The number of carbonyl (C=O) groups is 1. The fraction of sp³-hybridized carbons (Fsp3) is 0.905. The molecule has 0 bridgehead atoms. The lowest BCUT2D eigenvalue weighted by Crippen LogP contribution is -2.49. The smallest absolute Gasteiger partial charge is 0.233 e. The van der Waals surface area contributed by atoms with Crippen LogP contribution in [-0.2, 0) is 4.79 Å². The molecule has 0 spiro atoms. The van der Waals surface area contributed by atoms with E-state index in [1.165, 1.54) is 83.5 Å². The predicted octanol–water partition coefficient (Wildman–Crippen LogP) is 4.76. The topological polar surface area (TPSA) is 63.9 Å². The van der Waals surface area contributed by atoms with Crippen molar-refractivity contribution >= 4 is 17.7 Å². The number of amides is 1. The summed E-state index contributed by atoms with van der Waals surface area (Å²) in [6, 6.07) is 1.33. The van der Waals surface area contributed by atoms with Crippen molar-refractivity contribution in [2.45, 2.75) is 120 Å². The van der Waals surface area contributed by atoms with E-state index in [9.17, 15) is 4.79 Å². The van der Waals surface area contributed by atoms with Crippen LogP contribution >= 0.6 is 11.8 Å². The molecule has 3 aliphatic carbocycles. The Bertz CT molecular complexity index is 600. The van der Waals surface area contributed by atoms with Crippen LogP contribution in [0.2, 0.25) is 0 Å². The van der Waals surface area contributed by atoms with Crippen LogP contribution in [-0.4, -0.2) is 48.9 Å². The average Bonchev–Trinajstić information content (AvgIpc) is 3.23. The molecule has 4 rings (SSSR count). The van der Waals surface area contributed by atoms with Crippen LogP contribution in [0.3, 0.4) is 0 Å². The number of tetrazole rings is 1. The van der Waals surface area contributed by atoms with Crippen LogP contribution in [0.15, 0.2) is 5.16 Å². The van der Waals surface area contributed by atoms with Crippen LogP contribution in [0.5, 0.6) is 0 Å². The lowest BCUT2D eigenvalue weighted by Gasteiger charge is -2.41. The van der Waals surface area contributed by atoms with Crippen LogP contribution in [0.1, 0.15) is 102 Å². The van der Waals surface area contributed by atoms with Crippen LogP contribution < -0.4 is 0 Å². The van der Waals surface area contributed by atoms with Crippen molar-refractivity contribution in [1.82, 2.24) is 25.1 Å². The molecule has 3 saturated carbocycles. The second-order valence-corrected chi connectivity index (χ2v) is 9.81. The monoisotopic (exact) mass is 405 g/mol. The van der Waals surface area contributed by atoms with E-state index < -0.39 is 0 Å². The van der Waals surface area contributed by atoms with E-state index in [1.807, 2.05) is 4.68 Å². The number of hydrogen-bond donors (Lipinski definition) is 0. The molecule has 3 fully saturated rings. The van der Waals surface area contributed by atoms with Crippen LogP contribution in [0.25, 0.3) is 0 Å². The van der Waals surface area contributed by atoms with Crippen molar-refractivity contribution in [3.63, 3.8) is 0 Å². The number of aromatic nitrogens is 4. The summed E-state index contributed by atoms with van der Waals surface area (Å²) in [6.07, 6.45) is 18.6. The molecular weight excluding hydrogens is 370 g/mol. The summed E-state index contributed by atoms with van der Waals surface area (Å²) in [6.45, 7) is 0. The van der Waals surface area contributed by atoms with E-state index in [0.29, 0.717) is 29.8 Å². The molecule has 0 radical (unpaired) electrons. The van der Waals surface area contributed by atoms with Gasteiger partial charge in [0.2, 0.25) is 11.1 Å². The zero-order chi connectivity index (χ0) is 19.2. The Balaban J connectivity index is 1.40. The molecule has 6 nitrogen and oxygen atoms in total. The average molecular weight is 406 g/mol. The Labute approximate surface area is 173 Å². The van der Waals surface area contributed by atoms with Gasteiger partial charge in [-0.15, -0.1) is 5.10 Å². The summed E-state index contributed by atoms with van der Waals surface area (Å²) in [5.74, 6) is 0.780. The van der Waals surface area contributed by atoms with E-state index in [4.69, 9.17) is 0 Å². The Hall–Kier alpha value is -1.11. The molecule has 0 atom stereocenters. The molecule has 1 amide bonds. The summed E-state index contributed by atoms with van der Waals surface area (Å²) in [5, 5.41) is 13.2. The molecule has 28 heavy (non-hydrogen) atoms. The van der Waals surface area contributed by atoms with E-state index in [0.717, 1.165) is 18.0 Å². The summed E-state index contributed by atoms with van der Waals surface area (Å²) in [4.78, 5) is 15.7. The van der Waals surface area contributed by atoms with Gasteiger partial charge in [0.15, 0.2) is 0 Å². The first-order valence-electron chi connectivity index (χ1n) is 11.5. The fourth-order valence-electron chi connectivity index (χ4n) is 5.46. The van der Waals surface area contributed by atoms with Crippen LogP contribution in [0.4, 0.5) is 0 Å². The van der Waals surface area contributed by atoms with E-state index in [-0.39, 0.29) is 0 Å². The predicted molar refractivity (Wildman–Crippen MR) is 111 cm³/mol. The summed E-state index contributed by atoms with van der Waals surface area (Å²) < 4.78 is 1.99. The number of thioether (sulfide) groups is 1. The van der Waals surface area contributed by atoms with Crippen molar-refractivity contribution in [2.75, 3.05) is 5.75 Å². The lowest BCUT2D eigenvalue weighted by molar-refractivity contribution is -0.135. The van der Waals surface area contributed by atoms with Crippen molar-refractivity contribution in [3.8, 4) is 0 Å². The maximum absolute atomic E-state index is 13.4. The Morgan fingerprint density at radius 2 is 1.39 bits per heavy atom. The Kier molecular flexibility index (Phi) is 7.26. The zero-order valence-corrected chi connectivity index (χ0v) is 17.9. The van der Waals surface area contributed by atoms with Gasteiger partial charge in [0.25, 0.3) is 0 Å². The quantitative estimate of drug-likeness (QED) is 0.638. The Morgan fingerprint density at radius 1 is 0.857 bits per heavy atom. The molecule has 0 saturated heterocycles. The summed E-state index contributed by atoms with van der Waals surface area (Å²) >= 11 is 1.55. The molecule has 1 aromatic heterocycles. The molecular formula is C21H35N5OS. The number of nitrogens with zero attached hydrogens (tertiary/aromatic N) is 5. The molecule has 1 aromatic rings. The minimum atomic E-state index is 0.307. The highest BCUT2D eigenvalue weighted by atomic mass is 32.2. The van der Waals surface area contributed by atoms with Crippen molar-refractivity contribution < 1.29 is 4.79 Å². The fourth-order valence-corrected chi connectivity index (χ4v) is 6.27. The number of hydrogen-bond acceptors (Lipinski definition) is 5. The lowest BCUT2D eigenvalue weighted by atomic mass is 9.88. The maximum atomic E-state index is 13.4. The molecule has 0 N–H and O–H groups in total. The molecule has 0 unspecified atom stereocenters. The molecule has 0 aliphatic heterocycles. The summed E-state index contributed by atoms with van der Waals surface area (Å²) in [5.41, 5.74) is 0. The maximum Gasteiger partial charge on any atom is 0.233 e. The van der Waals surface area contributed by atoms with Gasteiger partial charge in [-0.05, 0) is 49.0 Å². The van der Waals surface area contributed by atoms with E-state index in [1.54, 1.807) is 11.8 Å². The van der Waals surface area contributed by atoms with Gasteiger partial charge in [0.1, 0.15) is 0 Å². The van der Waals surface area contributed by atoms with Gasteiger partial charge in [0.05, 0.1) is 11.8 Å². The van der Waals surface area contributed by atoms with Gasteiger partial charge >= 0.3 is 0 Å².